The van der Waals surface area contributed by atoms with Crippen molar-refractivity contribution in [3.8, 4) is 23.0 Å². The summed E-state index contributed by atoms with van der Waals surface area (Å²) in [7, 11) is 1.87. The first kappa shape index (κ1) is 26.7. The number of carbonyl (C=O) groups excluding carboxylic acids is 1. The van der Waals surface area contributed by atoms with Gasteiger partial charge in [0.1, 0.15) is 29.5 Å². The van der Waals surface area contributed by atoms with Crippen LogP contribution in [0.2, 0.25) is 0 Å². The fourth-order valence-corrected chi connectivity index (χ4v) is 5.11. The first-order valence-corrected chi connectivity index (χ1v) is 12.5. The Morgan fingerprint density at radius 1 is 0.833 bits per heavy atom. The number of ether oxygens (including phenoxy) is 4. The molecule has 0 saturated heterocycles. The maximum atomic E-state index is 13.7. The molecule has 0 heterocycles. The minimum atomic E-state index is -4.14. The van der Waals surface area contributed by atoms with Crippen LogP contribution in [0, 0.1) is 0 Å². The molecule has 0 bridgehead atoms. The van der Waals surface area contributed by atoms with Crippen LogP contribution in [-0.4, -0.2) is 49.3 Å². The zero-order valence-corrected chi connectivity index (χ0v) is 21.7. The van der Waals surface area contributed by atoms with Gasteiger partial charge in [-0.25, -0.2) is 8.42 Å². The fraction of sp³-hybridized carbons (Fsp3) is 0.269. The molecule has 0 aromatic heterocycles. The van der Waals surface area contributed by atoms with Crippen LogP contribution in [0.5, 0.6) is 23.0 Å². The van der Waals surface area contributed by atoms with E-state index >= 15 is 0 Å². The summed E-state index contributed by atoms with van der Waals surface area (Å²) in [6.45, 7) is 1.30. The van der Waals surface area contributed by atoms with E-state index in [4.69, 9.17) is 18.9 Å². The van der Waals surface area contributed by atoms with Gasteiger partial charge in [0.25, 0.3) is 10.0 Å². The first-order valence-electron chi connectivity index (χ1n) is 11.1. The summed E-state index contributed by atoms with van der Waals surface area (Å²) in [5.74, 6) is 1.47. The largest absolute Gasteiger partial charge is 0.497 e. The van der Waals surface area contributed by atoms with Crippen LogP contribution in [0.3, 0.4) is 0 Å². The number of hydrogen-bond acceptors (Lipinski definition) is 7. The van der Waals surface area contributed by atoms with Crippen LogP contribution < -0.4 is 28.6 Å². The number of para-hydroxylation sites is 2. The number of amides is 1. The Labute approximate surface area is 211 Å². The van der Waals surface area contributed by atoms with Crippen molar-refractivity contribution in [2.24, 2.45) is 0 Å². The van der Waals surface area contributed by atoms with E-state index in [0.717, 1.165) is 4.31 Å². The van der Waals surface area contributed by atoms with E-state index < -0.39 is 28.5 Å². The second kappa shape index (κ2) is 11.7. The van der Waals surface area contributed by atoms with E-state index in [1.807, 2.05) is 0 Å². The molecule has 1 atom stereocenters. The highest BCUT2D eigenvalue weighted by atomic mass is 32.2. The normalized spacial score (nSPS) is 11.8. The molecule has 0 fully saturated rings. The summed E-state index contributed by atoms with van der Waals surface area (Å²) in [5.41, 5.74) is 0.921. The lowest BCUT2D eigenvalue weighted by Crippen LogP contribution is -2.41. The lowest BCUT2D eigenvalue weighted by atomic mass is 10.1. The molecule has 0 aliphatic carbocycles. The van der Waals surface area contributed by atoms with Crippen molar-refractivity contribution in [2.45, 2.75) is 17.9 Å². The minimum Gasteiger partial charge on any atom is -0.497 e. The van der Waals surface area contributed by atoms with Gasteiger partial charge in [0.2, 0.25) is 5.91 Å². The van der Waals surface area contributed by atoms with Gasteiger partial charge in [0.05, 0.1) is 45.1 Å². The van der Waals surface area contributed by atoms with Crippen molar-refractivity contribution in [1.82, 2.24) is 5.32 Å². The molecular weight excluding hydrogens is 484 g/mol. The maximum absolute atomic E-state index is 13.7. The number of nitrogens with one attached hydrogen (secondary N) is 1. The van der Waals surface area contributed by atoms with Gasteiger partial charge in [-0.2, -0.15) is 0 Å². The van der Waals surface area contributed by atoms with Gasteiger partial charge in [0.15, 0.2) is 0 Å². The quantitative estimate of drug-likeness (QED) is 0.415. The van der Waals surface area contributed by atoms with E-state index in [1.165, 1.54) is 33.5 Å². The predicted octanol–water partition coefficient (Wildman–Crippen LogP) is 3.79. The van der Waals surface area contributed by atoms with Gasteiger partial charge in [-0.1, -0.05) is 12.1 Å². The second-order valence-electron chi connectivity index (χ2n) is 7.76. The standard InChI is InChI=1S/C26H30N2O7S/c1-18(22-16-20(33-3)12-15-24(22)34-4)27-26(29)17-28(23-8-6-7-9-25(23)35-5)36(30,31)21-13-10-19(32-2)11-14-21/h6-16,18H,17H2,1-5H3,(H,27,29). The monoisotopic (exact) mass is 514 g/mol. The van der Waals surface area contributed by atoms with Crippen molar-refractivity contribution >= 4 is 21.6 Å². The Morgan fingerprint density at radius 3 is 2.06 bits per heavy atom. The molecule has 36 heavy (non-hydrogen) atoms. The number of methoxy groups -OCH3 is 4. The topological polar surface area (TPSA) is 103 Å². The molecule has 0 radical (unpaired) electrons. The average molecular weight is 515 g/mol. The Kier molecular flexibility index (Phi) is 8.65. The molecule has 10 heteroatoms. The zero-order valence-electron chi connectivity index (χ0n) is 20.8. The molecule has 1 amide bonds. The van der Waals surface area contributed by atoms with E-state index in [2.05, 4.69) is 5.32 Å². The SMILES string of the molecule is COc1ccc(S(=O)(=O)N(CC(=O)NC(C)c2cc(OC)ccc2OC)c2ccccc2OC)cc1. The van der Waals surface area contributed by atoms with Gasteiger partial charge >= 0.3 is 0 Å². The molecule has 0 aliphatic rings. The van der Waals surface area contributed by atoms with Crippen LogP contribution in [-0.2, 0) is 14.8 Å². The molecule has 0 aliphatic heterocycles. The third-order valence-electron chi connectivity index (χ3n) is 5.57. The smallest absolute Gasteiger partial charge is 0.264 e. The molecule has 0 spiro atoms. The van der Waals surface area contributed by atoms with Gasteiger partial charge in [-0.05, 0) is 61.5 Å². The number of nitrogens with zero attached hydrogens (tertiary/aromatic N) is 1. The van der Waals surface area contributed by atoms with E-state index in [-0.39, 0.29) is 10.6 Å². The number of carbonyl (C=O) groups is 1. The summed E-state index contributed by atoms with van der Waals surface area (Å²) in [5, 5.41) is 2.86. The van der Waals surface area contributed by atoms with E-state index in [9.17, 15) is 13.2 Å². The highest BCUT2D eigenvalue weighted by Gasteiger charge is 2.30. The second-order valence-corrected chi connectivity index (χ2v) is 9.62. The molecule has 3 aromatic carbocycles. The Balaban J connectivity index is 1.95. The number of anilines is 1. The third-order valence-corrected chi connectivity index (χ3v) is 7.34. The van der Waals surface area contributed by atoms with Crippen LogP contribution in [0.4, 0.5) is 5.69 Å². The minimum absolute atomic E-state index is 0.00418. The van der Waals surface area contributed by atoms with E-state index in [0.29, 0.717) is 28.6 Å². The summed E-state index contributed by atoms with van der Waals surface area (Å²) in [4.78, 5) is 13.2. The lowest BCUT2D eigenvalue weighted by Gasteiger charge is -2.26. The molecule has 3 aromatic rings. The van der Waals surface area contributed by atoms with Crippen molar-refractivity contribution in [1.29, 1.82) is 0 Å². The first-order chi connectivity index (χ1) is 17.2. The molecule has 1 unspecified atom stereocenters. The van der Waals surface area contributed by atoms with Crippen molar-refractivity contribution in [2.75, 3.05) is 39.3 Å². The van der Waals surface area contributed by atoms with Crippen LogP contribution in [0.1, 0.15) is 18.5 Å². The van der Waals surface area contributed by atoms with Crippen molar-refractivity contribution in [3.05, 3.63) is 72.3 Å². The highest BCUT2D eigenvalue weighted by Crippen LogP contribution is 2.33. The summed E-state index contributed by atoms with van der Waals surface area (Å²) in [6, 6.07) is 17.3. The molecular formula is C26H30N2O7S. The molecule has 1 N–H and O–H groups in total. The Bertz CT molecular complexity index is 1290. The summed E-state index contributed by atoms with van der Waals surface area (Å²) in [6.07, 6.45) is 0. The lowest BCUT2D eigenvalue weighted by molar-refractivity contribution is -0.120. The third kappa shape index (κ3) is 5.83. The van der Waals surface area contributed by atoms with Gasteiger partial charge in [-0.15, -0.1) is 0 Å². The predicted molar refractivity (Wildman–Crippen MR) is 137 cm³/mol. The maximum Gasteiger partial charge on any atom is 0.264 e. The summed E-state index contributed by atoms with van der Waals surface area (Å²) >= 11 is 0. The molecule has 0 saturated carbocycles. The Hall–Kier alpha value is -3.92. The molecule has 192 valence electrons. The van der Waals surface area contributed by atoms with Gasteiger partial charge < -0.3 is 24.3 Å². The highest BCUT2D eigenvalue weighted by molar-refractivity contribution is 7.92. The van der Waals surface area contributed by atoms with Crippen LogP contribution in [0.25, 0.3) is 0 Å². The average Bonchev–Trinajstić information content (AvgIpc) is 2.91. The number of benzene rings is 3. The van der Waals surface area contributed by atoms with Crippen LogP contribution >= 0.6 is 0 Å². The molecule has 9 nitrogen and oxygen atoms in total. The van der Waals surface area contributed by atoms with Crippen LogP contribution in [0.15, 0.2) is 71.6 Å². The fourth-order valence-electron chi connectivity index (χ4n) is 3.68. The summed E-state index contributed by atoms with van der Waals surface area (Å²) < 4.78 is 49.6. The van der Waals surface area contributed by atoms with Crippen molar-refractivity contribution < 1.29 is 32.2 Å². The zero-order chi connectivity index (χ0) is 26.3. The number of hydrogen-bond donors (Lipinski definition) is 1. The Morgan fingerprint density at radius 2 is 1.44 bits per heavy atom. The van der Waals surface area contributed by atoms with Gasteiger partial charge in [0, 0.05) is 5.56 Å². The number of sulfonamides is 1. The van der Waals surface area contributed by atoms with Crippen molar-refractivity contribution in [3.63, 3.8) is 0 Å². The molecule has 3 rings (SSSR count). The number of rotatable bonds is 11. The van der Waals surface area contributed by atoms with E-state index in [1.54, 1.807) is 68.6 Å². The van der Waals surface area contributed by atoms with Gasteiger partial charge in [-0.3, -0.25) is 9.10 Å².